The van der Waals surface area contributed by atoms with E-state index in [2.05, 4.69) is 5.32 Å². The van der Waals surface area contributed by atoms with Gasteiger partial charge in [-0.2, -0.15) is 0 Å². The monoisotopic (exact) mass is 315 g/mol. The summed E-state index contributed by atoms with van der Waals surface area (Å²) in [5.74, 6) is -1.05. The Balaban J connectivity index is 2.60. The lowest BCUT2D eigenvalue weighted by Crippen LogP contribution is -2.25. The van der Waals surface area contributed by atoms with Crippen LogP contribution in [0.3, 0.4) is 0 Å². The summed E-state index contributed by atoms with van der Waals surface area (Å²) in [5, 5.41) is 11.8. The predicted molar refractivity (Wildman–Crippen MR) is 83.5 cm³/mol. The van der Waals surface area contributed by atoms with E-state index in [1.54, 1.807) is 18.2 Å². The maximum atomic E-state index is 11.9. The van der Waals surface area contributed by atoms with E-state index < -0.39 is 11.2 Å². The number of nitrogens with one attached hydrogen (secondary N) is 1. The van der Waals surface area contributed by atoms with Crippen LogP contribution in [0.2, 0.25) is 5.02 Å². The summed E-state index contributed by atoms with van der Waals surface area (Å²) in [7, 11) is 0. The molecule has 0 saturated carbocycles. The average molecular weight is 316 g/mol. The smallest absolute Gasteiger partial charge is 0.316 e. The highest BCUT2D eigenvalue weighted by Crippen LogP contribution is 2.24. The molecule has 1 aromatic carbocycles. The van der Waals surface area contributed by atoms with Crippen LogP contribution in [0.5, 0.6) is 0 Å². The molecule has 1 amide bonds. The second-order valence-corrected chi connectivity index (χ2v) is 6.31. The molecule has 1 unspecified atom stereocenters. The summed E-state index contributed by atoms with van der Waals surface area (Å²) in [6.45, 7) is 5.47. The van der Waals surface area contributed by atoms with E-state index in [0.717, 1.165) is 17.3 Å². The number of rotatable bonds is 6. The van der Waals surface area contributed by atoms with Gasteiger partial charge in [-0.3, -0.25) is 9.59 Å². The molecule has 1 atom stereocenters. The van der Waals surface area contributed by atoms with E-state index in [9.17, 15) is 9.59 Å². The van der Waals surface area contributed by atoms with E-state index in [4.69, 9.17) is 16.7 Å². The molecular weight excluding hydrogens is 298 g/mol. The van der Waals surface area contributed by atoms with Crippen molar-refractivity contribution in [2.24, 2.45) is 5.92 Å². The van der Waals surface area contributed by atoms with Gasteiger partial charge in [0.2, 0.25) is 5.91 Å². The standard InChI is InChI=1S/C14H18ClNO3S/c1-8(2)13(14(18)19)20-7-12(17)16-11-6-4-5-10(15)9(11)3/h4-6,8,13H,7H2,1-3H3,(H,16,17)(H,18,19). The molecule has 0 bridgehead atoms. The zero-order valence-corrected chi connectivity index (χ0v) is 13.2. The van der Waals surface area contributed by atoms with E-state index in [1.165, 1.54) is 0 Å². The Hall–Kier alpha value is -1.20. The third-order valence-corrected chi connectivity index (χ3v) is 4.73. The van der Waals surface area contributed by atoms with Crippen molar-refractivity contribution in [1.29, 1.82) is 0 Å². The van der Waals surface area contributed by atoms with Gasteiger partial charge in [-0.1, -0.05) is 31.5 Å². The molecule has 1 aromatic rings. The summed E-state index contributed by atoms with van der Waals surface area (Å²) >= 11 is 7.10. The third kappa shape index (κ3) is 4.72. The first-order chi connectivity index (χ1) is 9.32. The number of carboxylic acids is 1. The Bertz CT molecular complexity index is 505. The molecule has 20 heavy (non-hydrogen) atoms. The molecule has 1 rings (SSSR count). The molecule has 0 spiro atoms. The Kier molecular flexibility index (Phi) is 6.36. The summed E-state index contributed by atoms with van der Waals surface area (Å²) in [6.07, 6.45) is 0. The van der Waals surface area contributed by atoms with E-state index in [-0.39, 0.29) is 17.6 Å². The van der Waals surface area contributed by atoms with Crippen molar-refractivity contribution >= 4 is 40.9 Å². The number of hydrogen-bond acceptors (Lipinski definition) is 3. The highest BCUT2D eigenvalue weighted by Gasteiger charge is 2.23. The molecule has 0 saturated heterocycles. The molecule has 0 aromatic heterocycles. The van der Waals surface area contributed by atoms with Crippen LogP contribution in [0.4, 0.5) is 5.69 Å². The predicted octanol–water partition coefficient (Wildman–Crippen LogP) is 3.43. The second-order valence-electron chi connectivity index (χ2n) is 4.77. The van der Waals surface area contributed by atoms with Gasteiger partial charge in [-0.05, 0) is 30.5 Å². The molecule has 6 heteroatoms. The number of anilines is 1. The molecule has 0 heterocycles. The Labute approximate surface area is 127 Å². The topological polar surface area (TPSA) is 66.4 Å². The maximum absolute atomic E-state index is 11.9. The molecule has 0 radical (unpaired) electrons. The molecule has 0 aliphatic heterocycles. The molecule has 0 fully saturated rings. The molecule has 2 N–H and O–H groups in total. The molecule has 0 aliphatic carbocycles. The van der Waals surface area contributed by atoms with Crippen molar-refractivity contribution in [3.63, 3.8) is 0 Å². The van der Waals surface area contributed by atoms with Crippen LogP contribution in [-0.4, -0.2) is 28.0 Å². The van der Waals surface area contributed by atoms with Crippen LogP contribution in [0.25, 0.3) is 0 Å². The minimum Gasteiger partial charge on any atom is -0.480 e. The van der Waals surface area contributed by atoms with Crippen LogP contribution < -0.4 is 5.32 Å². The fraction of sp³-hybridized carbons (Fsp3) is 0.429. The number of aliphatic carboxylic acids is 1. The van der Waals surface area contributed by atoms with Gasteiger partial charge in [0.1, 0.15) is 5.25 Å². The largest absolute Gasteiger partial charge is 0.480 e. The highest BCUT2D eigenvalue weighted by molar-refractivity contribution is 8.01. The lowest BCUT2D eigenvalue weighted by Gasteiger charge is -2.15. The van der Waals surface area contributed by atoms with Gasteiger partial charge >= 0.3 is 5.97 Å². The highest BCUT2D eigenvalue weighted by atomic mass is 35.5. The minimum atomic E-state index is -0.892. The van der Waals surface area contributed by atoms with Crippen LogP contribution >= 0.6 is 23.4 Å². The van der Waals surface area contributed by atoms with Gasteiger partial charge in [-0.15, -0.1) is 11.8 Å². The number of carbonyl (C=O) groups is 2. The van der Waals surface area contributed by atoms with Gasteiger partial charge in [0.25, 0.3) is 0 Å². The van der Waals surface area contributed by atoms with Crippen LogP contribution in [0.1, 0.15) is 19.4 Å². The number of benzene rings is 1. The first-order valence-electron chi connectivity index (χ1n) is 6.22. The number of thioether (sulfide) groups is 1. The van der Waals surface area contributed by atoms with Gasteiger partial charge in [-0.25, -0.2) is 0 Å². The van der Waals surface area contributed by atoms with E-state index in [1.807, 2.05) is 20.8 Å². The zero-order chi connectivity index (χ0) is 15.3. The number of amides is 1. The van der Waals surface area contributed by atoms with Crippen molar-refractivity contribution in [1.82, 2.24) is 0 Å². The van der Waals surface area contributed by atoms with Crippen molar-refractivity contribution in [2.75, 3.05) is 11.1 Å². The lowest BCUT2D eigenvalue weighted by atomic mass is 10.1. The minimum absolute atomic E-state index is 0.0294. The number of carbonyl (C=O) groups excluding carboxylic acids is 1. The van der Waals surface area contributed by atoms with Crippen molar-refractivity contribution in [3.05, 3.63) is 28.8 Å². The molecule has 110 valence electrons. The van der Waals surface area contributed by atoms with Crippen LogP contribution in [0.15, 0.2) is 18.2 Å². The zero-order valence-electron chi connectivity index (χ0n) is 11.6. The number of hydrogen-bond donors (Lipinski definition) is 2. The fourth-order valence-electron chi connectivity index (χ4n) is 1.64. The van der Waals surface area contributed by atoms with Crippen molar-refractivity contribution in [2.45, 2.75) is 26.0 Å². The second kappa shape index (κ2) is 7.55. The maximum Gasteiger partial charge on any atom is 0.316 e. The third-order valence-electron chi connectivity index (χ3n) is 2.78. The Morgan fingerprint density at radius 2 is 2.05 bits per heavy atom. The Morgan fingerprint density at radius 1 is 1.40 bits per heavy atom. The van der Waals surface area contributed by atoms with Crippen LogP contribution in [-0.2, 0) is 9.59 Å². The summed E-state index contributed by atoms with van der Waals surface area (Å²) in [6, 6.07) is 5.27. The SMILES string of the molecule is Cc1c(Cl)cccc1NC(=O)CSC(C(=O)O)C(C)C. The average Bonchev–Trinajstić information content (AvgIpc) is 2.34. The van der Waals surface area contributed by atoms with Gasteiger partial charge in [0, 0.05) is 10.7 Å². The lowest BCUT2D eigenvalue weighted by molar-refractivity contribution is -0.137. The summed E-state index contributed by atoms with van der Waals surface area (Å²) in [4.78, 5) is 22.9. The summed E-state index contributed by atoms with van der Waals surface area (Å²) in [5.41, 5.74) is 1.45. The molecule has 0 aliphatic rings. The van der Waals surface area contributed by atoms with Gasteiger partial charge in [0.05, 0.1) is 5.75 Å². The Morgan fingerprint density at radius 3 is 2.60 bits per heavy atom. The number of halogens is 1. The van der Waals surface area contributed by atoms with E-state index >= 15 is 0 Å². The normalized spacial score (nSPS) is 12.2. The summed E-state index contributed by atoms with van der Waals surface area (Å²) < 4.78 is 0. The molecular formula is C14H18ClNO3S. The first-order valence-corrected chi connectivity index (χ1v) is 7.65. The van der Waals surface area contributed by atoms with Crippen molar-refractivity contribution < 1.29 is 14.7 Å². The first kappa shape index (κ1) is 16.9. The van der Waals surface area contributed by atoms with Gasteiger partial charge < -0.3 is 10.4 Å². The fourth-order valence-corrected chi connectivity index (χ4v) is 2.75. The van der Waals surface area contributed by atoms with E-state index in [0.29, 0.717) is 10.7 Å². The van der Waals surface area contributed by atoms with Crippen molar-refractivity contribution in [3.8, 4) is 0 Å². The molecule has 4 nitrogen and oxygen atoms in total. The quantitative estimate of drug-likeness (QED) is 0.844. The number of carboxylic acid groups (broad SMARTS) is 1. The van der Waals surface area contributed by atoms with Crippen LogP contribution in [0, 0.1) is 12.8 Å². The van der Waals surface area contributed by atoms with Gasteiger partial charge in [0.15, 0.2) is 0 Å².